The first-order valence-electron chi connectivity index (χ1n) is 4.69. The van der Waals surface area contributed by atoms with Gasteiger partial charge in [-0.1, -0.05) is 23.7 Å². The van der Waals surface area contributed by atoms with Gasteiger partial charge in [0, 0.05) is 18.6 Å². The summed E-state index contributed by atoms with van der Waals surface area (Å²) in [6.07, 6.45) is -0.0870. The second kappa shape index (κ2) is 3.72. The first-order chi connectivity index (χ1) is 7.04. The molecule has 0 bridgehead atoms. The lowest BCUT2D eigenvalue weighted by atomic mass is 10.1. The normalized spacial score (nSPS) is 22.8. The molecule has 0 radical (unpaired) electrons. The van der Waals surface area contributed by atoms with E-state index in [1.54, 1.807) is 25.3 Å². The zero-order chi connectivity index (χ0) is 11.1. The number of alkyl halides is 2. The maximum Gasteiger partial charge on any atom is 0.255 e. The van der Waals surface area contributed by atoms with E-state index in [1.165, 1.54) is 0 Å². The third kappa shape index (κ3) is 2.13. The maximum absolute atomic E-state index is 12.8. The maximum atomic E-state index is 12.8. The molecule has 15 heavy (non-hydrogen) atoms. The lowest BCUT2D eigenvalue weighted by molar-refractivity contribution is 0.112. The molecule has 2 rings (SSSR count). The molecule has 0 spiro atoms. The average molecular weight is 233 g/mol. The summed E-state index contributed by atoms with van der Waals surface area (Å²) in [6.45, 7) is 0.445. The molecule has 0 aliphatic heterocycles. The number of benzene rings is 1. The van der Waals surface area contributed by atoms with Crippen molar-refractivity contribution in [3.05, 3.63) is 34.3 Å². The van der Waals surface area contributed by atoms with Crippen LogP contribution in [0.5, 0.6) is 0 Å². The minimum Gasteiger partial charge on any atom is -0.380 e. The molecule has 0 amide bonds. The second-order valence-corrected chi connectivity index (χ2v) is 4.21. The number of hydrogen-bond donors (Lipinski definition) is 0. The van der Waals surface area contributed by atoms with Gasteiger partial charge in [0.15, 0.2) is 0 Å². The molecule has 1 fully saturated rings. The molecule has 1 aromatic carbocycles. The molecule has 0 aromatic heterocycles. The fourth-order valence-electron chi connectivity index (χ4n) is 1.66. The van der Waals surface area contributed by atoms with Crippen LogP contribution in [0.25, 0.3) is 0 Å². The highest BCUT2D eigenvalue weighted by atomic mass is 35.5. The van der Waals surface area contributed by atoms with E-state index in [9.17, 15) is 8.78 Å². The number of hydrogen-bond acceptors (Lipinski definition) is 1. The van der Waals surface area contributed by atoms with Crippen molar-refractivity contribution in [3.63, 3.8) is 0 Å². The minimum atomic E-state index is -2.56. The topological polar surface area (TPSA) is 9.23 Å². The lowest BCUT2D eigenvalue weighted by Crippen LogP contribution is -1.95. The number of ether oxygens (including phenoxy) is 1. The van der Waals surface area contributed by atoms with Crippen LogP contribution in [-0.4, -0.2) is 13.0 Å². The Morgan fingerprint density at radius 1 is 1.53 bits per heavy atom. The minimum absolute atomic E-state index is 0.0870. The molecule has 1 atom stereocenters. The van der Waals surface area contributed by atoms with Gasteiger partial charge in [-0.2, -0.15) is 0 Å². The van der Waals surface area contributed by atoms with Gasteiger partial charge in [0.25, 0.3) is 5.92 Å². The Labute approximate surface area is 92.0 Å². The molecular formula is C11H11ClF2O. The van der Waals surface area contributed by atoms with Gasteiger partial charge in [-0.05, 0) is 17.2 Å². The third-order valence-corrected chi connectivity index (χ3v) is 2.90. The summed E-state index contributed by atoms with van der Waals surface area (Å²) < 4.78 is 30.6. The van der Waals surface area contributed by atoms with Crippen molar-refractivity contribution < 1.29 is 13.5 Å². The van der Waals surface area contributed by atoms with Crippen LogP contribution in [0.1, 0.15) is 23.5 Å². The third-order valence-electron chi connectivity index (χ3n) is 2.58. The SMILES string of the molecule is COCc1ccc([C@H]2CC2(F)F)c(Cl)c1. The van der Waals surface area contributed by atoms with Crippen molar-refractivity contribution in [1.82, 2.24) is 0 Å². The van der Waals surface area contributed by atoms with Crippen molar-refractivity contribution in [1.29, 1.82) is 0 Å². The molecule has 1 aliphatic rings. The quantitative estimate of drug-likeness (QED) is 0.774. The first kappa shape index (κ1) is 10.8. The Hall–Kier alpha value is -0.670. The number of halogens is 3. The van der Waals surface area contributed by atoms with Crippen LogP contribution in [0.3, 0.4) is 0 Å². The fraction of sp³-hybridized carbons (Fsp3) is 0.455. The van der Waals surface area contributed by atoms with Gasteiger partial charge in [0.1, 0.15) is 0 Å². The molecular weight excluding hydrogens is 222 g/mol. The fourth-order valence-corrected chi connectivity index (χ4v) is 2.00. The Morgan fingerprint density at radius 2 is 2.20 bits per heavy atom. The molecule has 1 nitrogen and oxygen atoms in total. The van der Waals surface area contributed by atoms with E-state index < -0.39 is 11.8 Å². The van der Waals surface area contributed by atoms with Gasteiger partial charge in [-0.3, -0.25) is 0 Å². The molecule has 0 saturated heterocycles. The van der Waals surface area contributed by atoms with E-state index in [0.29, 0.717) is 17.2 Å². The molecule has 4 heteroatoms. The standard InChI is InChI=1S/C11H11ClF2O/c1-15-6-7-2-3-8(10(12)4-7)9-5-11(9,13)14/h2-4,9H,5-6H2,1H3/t9-/m1/s1. The van der Waals surface area contributed by atoms with Crippen molar-refractivity contribution in [2.75, 3.05) is 7.11 Å². The molecule has 0 N–H and O–H groups in total. The Bertz CT molecular complexity index is 379. The van der Waals surface area contributed by atoms with E-state index in [2.05, 4.69) is 0 Å². The van der Waals surface area contributed by atoms with Crippen LogP contribution in [-0.2, 0) is 11.3 Å². The summed E-state index contributed by atoms with van der Waals surface area (Å²) in [5.74, 6) is -3.26. The molecule has 1 aliphatic carbocycles. The summed E-state index contributed by atoms with van der Waals surface area (Å²) in [5, 5.41) is 0.409. The van der Waals surface area contributed by atoms with Gasteiger partial charge in [0.2, 0.25) is 0 Å². The highest BCUT2D eigenvalue weighted by Gasteiger charge is 2.58. The van der Waals surface area contributed by atoms with Gasteiger partial charge in [0.05, 0.1) is 12.5 Å². The first-order valence-corrected chi connectivity index (χ1v) is 5.07. The zero-order valence-corrected chi connectivity index (χ0v) is 9.02. The number of methoxy groups -OCH3 is 1. The summed E-state index contributed by atoms with van der Waals surface area (Å²) in [4.78, 5) is 0. The van der Waals surface area contributed by atoms with Crippen LogP contribution in [0.15, 0.2) is 18.2 Å². The predicted molar refractivity (Wildman–Crippen MR) is 54.5 cm³/mol. The van der Waals surface area contributed by atoms with Gasteiger partial charge in [-0.15, -0.1) is 0 Å². The van der Waals surface area contributed by atoms with E-state index in [-0.39, 0.29) is 6.42 Å². The van der Waals surface area contributed by atoms with Gasteiger partial charge in [-0.25, -0.2) is 8.78 Å². The van der Waals surface area contributed by atoms with Gasteiger partial charge >= 0.3 is 0 Å². The highest BCUT2D eigenvalue weighted by molar-refractivity contribution is 6.31. The van der Waals surface area contributed by atoms with E-state index in [1.807, 2.05) is 0 Å². The lowest BCUT2D eigenvalue weighted by Gasteiger charge is -2.05. The average Bonchev–Trinajstić information content (AvgIpc) is 2.75. The van der Waals surface area contributed by atoms with E-state index in [0.717, 1.165) is 5.56 Å². The van der Waals surface area contributed by atoms with Crippen molar-refractivity contribution in [3.8, 4) is 0 Å². The van der Waals surface area contributed by atoms with Crippen LogP contribution in [0, 0.1) is 0 Å². The van der Waals surface area contributed by atoms with E-state index in [4.69, 9.17) is 16.3 Å². The predicted octanol–water partition coefficient (Wildman–Crippen LogP) is 3.61. The Balaban J connectivity index is 2.21. The van der Waals surface area contributed by atoms with Crippen LogP contribution in [0.4, 0.5) is 8.78 Å². The summed E-state index contributed by atoms with van der Waals surface area (Å²) in [6, 6.07) is 5.14. The largest absolute Gasteiger partial charge is 0.380 e. The smallest absolute Gasteiger partial charge is 0.255 e. The Kier molecular flexibility index (Phi) is 2.69. The van der Waals surface area contributed by atoms with Crippen molar-refractivity contribution >= 4 is 11.6 Å². The molecule has 82 valence electrons. The van der Waals surface area contributed by atoms with Gasteiger partial charge < -0.3 is 4.74 Å². The number of rotatable bonds is 3. The van der Waals surface area contributed by atoms with Crippen LogP contribution < -0.4 is 0 Å². The summed E-state index contributed by atoms with van der Waals surface area (Å²) >= 11 is 5.94. The van der Waals surface area contributed by atoms with Crippen molar-refractivity contribution in [2.24, 2.45) is 0 Å². The molecule has 1 saturated carbocycles. The molecule has 0 unspecified atom stereocenters. The zero-order valence-electron chi connectivity index (χ0n) is 8.27. The summed E-state index contributed by atoms with van der Waals surface area (Å²) in [7, 11) is 1.58. The molecule has 1 aromatic rings. The van der Waals surface area contributed by atoms with E-state index >= 15 is 0 Å². The van der Waals surface area contributed by atoms with Crippen molar-refractivity contribution in [2.45, 2.75) is 24.9 Å². The monoisotopic (exact) mass is 232 g/mol. The van der Waals surface area contributed by atoms with Crippen LogP contribution in [0.2, 0.25) is 5.02 Å². The molecule has 0 heterocycles. The second-order valence-electron chi connectivity index (χ2n) is 3.81. The highest BCUT2D eigenvalue weighted by Crippen LogP contribution is 2.57. The van der Waals surface area contributed by atoms with Crippen LogP contribution >= 0.6 is 11.6 Å². The Morgan fingerprint density at radius 3 is 2.67 bits per heavy atom. The summed E-state index contributed by atoms with van der Waals surface area (Å²) in [5.41, 5.74) is 1.44.